The molecule has 2 aromatic carbocycles. The number of amides is 1. The van der Waals surface area contributed by atoms with Crippen LogP contribution in [0.1, 0.15) is 52.7 Å². The fourth-order valence-corrected chi connectivity index (χ4v) is 4.70. The molecule has 0 unspecified atom stereocenters. The molecule has 1 amide bonds. The fraction of sp³-hybridized carbons (Fsp3) is 0.458. The molecule has 2 rings (SSSR count). The number of benzene rings is 2. The molecule has 0 aliphatic heterocycles. The third-order valence-corrected chi connectivity index (χ3v) is 6.43. The molecular weight excluding hydrogens is 413 g/mol. The minimum atomic E-state index is -3.95. The Balaban J connectivity index is 2.52. The lowest BCUT2D eigenvalue weighted by Gasteiger charge is -2.28. The van der Waals surface area contributed by atoms with Crippen LogP contribution in [0.3, 0.4) is 0 Å². The van der Waals surface area contributed by atoms with Crippen molar-refractivity contribution in [2.75, 3.05) is 20.3 Å². The van der Waals surface area contributed by atoms with Crippen molar-refractivity contribution in [2.24, 2.45) is 0 Å². The van der Waals surface area contributed by atoms with Gasteiger partial charge in [0.25, 0.3) is 5.91 Å². The van der Waals surface area contributed by atoms with Gasteiger partial charge in [-0.2, -0.15) is 0 Å². The normalized spacial score (nSPS) is 12.4. The van der Waals surface area contributed by atoms with E-state index in [1.165, 1.54) is 14.2 Å². The van der Waals surface area contributed by atoms with E-state index < -0.39 is 19.7 Å². The molecule has 0 bridgehead atoms. The number of hydrogen-bond acceptors (Lipinski definition) is 5. The summed E-state index contributed by atoms with van der Waals surface area (Å²) < 4.78 is 26.0. The second-order valence-corrected chi connectivity index (χ2v) is 11.4. The maximum atomic E-state index is 14.0. The van der Waals surface area contributed by atoms with Crippen LogP contribution in [0.5, 0.6) is 11.5 Å². The number of hydroxylamine groups is 2. The van der Waals surface area contributed by atoms with Gasteiger partial charge < -0.3 is 9.05 Å². The van der Waals surface area contributed by atoms with Crippen molar-refractivity contribution in [2.45, 2.75) is 52.4 Å². The van der Waals surface area contributed by atoms with Crippen LogP contribution in [0.2, 0.25) is 0 Å². The van der Waals surface area contributed by atoms with Crippen LogP contribution in [-0.4, -0.2) is 31.3 Å². The Labute approximate surface area is 186 Å². The van der Waals surface area contributed by atoms with E-state index in [0.29, 0.717) is 11.5 Å². The summed E-state index contributed by atoms with van der Waals surface area (Å²) in [6, 6.07) is 14.8. The maximum absolute atomic E-state index is 14.0. The lowest BCUT2D eigenvalue weighted by Crippen LogP contribution is -2.30. The molecule has 0 atom stereocenters. The summed E-state index contributed by atoms with van der Waals surface area (Å²) >= 11 is 0. The summed E-state index contributed by atoms with van der Waals surface area (Å²) in [5, 5.41) is 1.02. The zero-order valence-corrected chi connectivity index (χ0v) is 20.7. The molecule has 2 aromatic rings. The standard InChI is InChI=1S/C24H34NO5P/c1-23(2,3)18-13-9-11-15-20(18)29-31(27,17-22(26)25(7)28-8)30-21-16-12-10-14-19(21)24(4,5)6/h9-16H,17H2,1-8H3. The Morgan fingerprint density at radius 1 is 0.839 bits per heavy atom. The molecule has 0 aromatic heterocycles. The molecular formula is C24H34NO5P. The van der Waals surface area contributed by atoms with Crippen LogP contribution < -0.4 is 9.05 Å². The summed E-state index contributed by atoms with van der Waals surface area (Å²) in [6.45, 7) is 12.2. The minimum absolute atomic E-state index is 0.252. The molecule has 0 radical (unpaired) electrons. The first-order valence-corrected chi connectivity index (χ1v) is 12.0. The monoisotopic (exact) mass is 447 g/mol. The van der Waals surface area contributed by atoms with Crippen molar-refractivity contribution in [3.8, 4) is 11.5 Å². The van der Waals surface area contributed by atoms with Gasteiger partial charge in [0.15, 0.2) is 6.16 Å². The predicted molar refractivity (Wildman–Crippen MR) is 124 cm³/mol. The van der Waals surface area contributed by atoms with Gasteiger partial charge in [0.2, 0.25) is 0 Å². The molecule has 170 valence electrons. The van der Waals surface area contributed by atoms with Crippen molar-refractivity contribution in [3.05, 3.63) is 59.7 Å². The largest absolute Gasteiger partial charge is 0.440 e. The minimum Gasteiger partial charge on any atom is -0.415 e. The van der Waals surface area contributed by atoms with Gasteiger partial charge in [-0.15, -0.1) is 0 Å². The first kappa shape index (κ1) is 25.0. The lowest BCUT2D eigenvalue weighted by molar-refractivity contribution is -0.165. The number of hydrogen-bond donors (Lipinski definition) is 0. The van der Waals surface area contributed by atoms with E-state index in [-0.39, 0.29) is 10.8 Å². The van der Waals surface area contributed by atoms with E-state index >= 15 is 0 Å². The van der Waals surface area contributed by atoms with Gasteiger partial charge in [0.1, 0.15) is 11.5 Å². The Bertz CT molecular complexity index is 895. The topological polar surface area (TPSA) is 65.1 Å². The number of nitrogens with zero attached hydrogens (tertiary/aromatic N) is 1. The number of carbonyl (C=O) groups excluding carboxylic acids is 1. The van der Waals surface area contributed by atoms with Crippen molar-refractivity contribution in [1.82, 2.24) is 5.06 Å². The Kier molecular flexibility index (Phi) is 7.61. The molecule has 0 saturated carbocycles. The van der Waals surface area contributed by atoms with E-state index in [4.69, 9.17) is 13.9 Å². The summed E-state index contributed by atoms with van der Waals surface area (Å²) in [6.07, 6.45) is -0.464. The van der Waals surface area contributed by atoms with Crippen molar-refractivity contribution in [3.63, 3.8) is 0 Å². The summed E-state index contributed by atoms with van der Waals surface area (Å²) in [5.74, 6) is 0.353. The highest BCUT2D eigenvalue weighted by Crippen LogP contribution is 2.52. The second-order valence-electron chi connectivity index (χ2n) is 9.52. The molecule has 7 heteroatoms. The molecule has 0 spiro atoms. The van der Waals surface area contributed by atoms with Gasteiger partial charge in [0.05, 0.1) is 7.11 Å². The van der Waals surface area contributed by atoms with E-state index in [1.54, 1.807) is 24.3 Å². The average Bonchev–Trinajstić information content (AvgIpc) is 2.66. The van der Waals surface area contributed by atoms with Crippen molar-refractivity contribution >= 4 is 13.5 Å². The van der Waals surface area contributed by atoms with Gasteiger partial charge in [-0.05, 0) is 23.0 Å². The number of rotatable bonds is 7. The molecule has 0 fully saturated rings. The van der Waals surface area contributed by atoms with E-state index in [0.717, 1.165) is 16.2 Å². The van der Waals surface area contributed by atoms with Gasteiger partial charge in [-0.25, -0.2) is 9.63 Å². The smallest absolute Gasteiger partial charge is 0.415 e. The van der Waals surface area contributed by atoms with Gasteiger partial charge in [0, 0.05) is 18.2 Å². The highest BCUT2D eigenvalue weighted by Gasteiger charge is 2.36. The van der Waals surface area contributed by atoms with Crippen LogP contribution in [0, 0.1) is 0 Å². The number of carbonyl (C=O) groups is 1. The maximum Gasteiger partial charge on any atom is 0.440 e. The van der Waals surface area contributed by atoms with E-state index in [1.807, 2.05) is 65.8 Å². The van der Waals surface area contributed by atoms with Crippen LogP contribution >= 0.6 is 7.60 Å². The molecule has 0 N–H and O–H groups in total. The van der Waals surface area contributed by atoms with Gasteiger partial charge >= 0.3 is 7.60 Å². The predicted octanol–water partition coefficient (Wildman–Crippen LogP) is 5.95. The molecule has 0 aliphatic carbocycles. The van der Waals surface area contributed by atoms with E-state index in [2.05, 4.69) is 0 Å². The SMILES string of the molecule is CON(C)C(=O)CP(=O)(Oc1ccccc1C(C)(C)C)Oc1ccccc1C(C)(C)C. The first-order chi connectivity index (χ1) is 14.3. The molecule has 6 nitrogen and oxygen atoms in total. The van der Waals surface area contributed by atoms with Crippen LogP contribution in [0.4, 0.5) is 0 Å². The molecule has 0 heterocycles. The first-order valence-electron chi connectivity index (χ1n) is 10.2. The molecule has 0 aliphatic rings. The zero-order chi connectivity index (χ0) is 23.4. The number of para-hydroxylation sites is 2. The second kappa shape index (κ2) is 9.46. The fourth-order valence-electron chi connectivity index (χ4n) is 3.08. The van der Waals surface area contributed by atoms with Crippen LogP contribution in [0.25, 0.3) is 0 Å². The third kappa shape index (κ3) is 6.59. The Morgan fingerprint density at radius 2 is 1.23 bits per heavy atom. The third-order valence-electron chi connectivity index (χ3n) is 4.82. The molecule has 31 heavy (non-hydrogen) atoms. The highest BCUT2D eigenvalue weighted by atomic mass is 31.2. The highest BCUT2D eigenvalue weighted by molar-refractivity contribution is 7.55. The quantitative estimate of drug-likeness (QED) is 0.387. The Hall–Kier alpha value is -2.30. The Morgan fingerprint density at radius 3 is 1.58 bits per heavy atom. The van der Waals surface area contributed by atoms with Crippen molar-refractivity contribution < 1.29 is 23.2 Å². The summed E-state index contributed by atoms with van der Waals surface area (Å²) in [4.78, 5) is 17.6. The van der Waals surface area contributed by atoms with Gasteiger partial charge in [-0.3, -0.25) is 9.63 Å². The lowest BCUT2D eigenvalue weighted by atomic mass is 9.86. The average molecular weight is 448 g/mol. The van der Waals surface area contributed by atoms with E-state index in [9.17, 15) is 9.36 Å². The molecule has 0 saturated heterocycles. The summed E-state index contributed by atoms with van der Waals surface area (Å²) in [5.41, 5.74) is 1.24. The summed E-state index contributed by atoms with van der Waals surface area (Å²) in [7, 11) is -1.12. The van der Waals surface area contributed by atoms with Crippen LogP contribution in [0.15, 0.2) is 48.5 Å². The van der Waals surface area contributed by atoms with Gasteiger partial charge in [-0.1, -0.05) is 77.9 Å². The zero-order valence-electron chi connectivity index (χ0n) is 19.8. The van der Waals surface area contributed by atoms with Crippen molar-refractivity contribution in [1.29, 1.82) is 0 Å². The van der Waals surface area contributed by atoms with Crippen LogP contribution in [-0.2, 0) is 25.0 Å².